The van der Waals surface area contributed by atoms with Gasteiger partial charge in [-0.1, -0.05) is 24.3 Å². The molecule has 0 bridgehead atoms. The summed E-state index contributed by atoms with van der Waals surface area (Å²) in [5.41, 5.74) is 3.50. The van der Waals surface area contributed by atoms with Gasteiger partial charge in [-0.05, 0) is 66.9 Å². The first kappa shape index (κ1) is 18.7. The lowest BCUT2D eigenvalue weighted by molar-refractivity contribution is -0.123. The molecule has 2 fully saturated rings. The van der Waals surface area contributed by atoms with E-state index in [4.69, 9.17) is 0 Å². The van der Waals surface area contributed by atoms with E-state index in [0.29, 0.717) is 10.5 Å². The average Bonchev–Trinajstić information content (AvgIpc) is 3.30. The third kappa shape index (κ3) is 3.69. The number of rotatable bonds is 4. The summed E-state index contributed by atoms with van der Waals surface area (Å²) in [6.07, 6.45) is 4.20. The molecule has 4 nitrogen and oxygen atoms in total. The highest BCUT2D eigenvalue weighted by Crippen LogP contribution is 2.34. The molecule has 6 heteroatoms. The Bertz CT molecular complexity index is 967. The van der Waals surface area contributed by atoms with Crippen molar-refractivity contribution in [2.45, 2.75) is 26.3 Å². The molecule has 2 aromatic rings. The molecule has 2 aliphatic rings. The Balaban J connectivity index is 1.54. The van der Waals surface area contributed by atoms with E-state index < -0.39 is 5.82 Å². The van der Waals surface area contributed by atoms with Crippen molar-refractivity contribution in [3.63, 3.8) is 0 Å². The van der Waals surface area contributed by atoms with Crippen molar-refractivity contribution < 1.29 is 14.0 Å². The van der Waals surface area contributed by atoms with Crippen LogP contribution in [0.25, 0.3) is 6.08 Å². The van der Waals surface area contributed by atoms with E-state index in [-0.39, 0.29) is 17.7 Å². The normalized spacial score (nSPS) is 18.6. The van der Waals surface area contributed by atoms with Crippen LogP contribution in [0.5, 0.6) is 0 Å². The number of imide groups is 1. The van der Waals surface area contributed by atoms with Crippen LogP contribution in [0.1, 0.15) is 29.5 Å². The second-order valence-corrected chi connectivity index (χ2v) is 8.09. The molecule has 2 aromatic carbocycles. The van der Waals surface area contributed by atoms with Crippen molar-refractivity contribution in [3.05, 3.63) is 69.9 Å². The molecule has 0 aromatic heterocycles. The lowest BCUT2D eigenvalue weighted by Gasteiger charge is -2.18. The zero-order chi connectivity index (χ0) is 19.7. The zero-order valence-electron chi connectivity index (χ0n) is 15.7. The summed E-state index contributed by atoms with van der Waals surface area (Å²) in [7, 11) is 0. The van der Waals surface area contributed by atoms with Crippen LogP contribution in [-0.2, 0) is 11.3 Å². The van der Waals surface area contributed by atoms with Crippen LogP contribution < -0.4 is 4.90 Å². The molecule has 28 heavy (non-hydrogen) atoms. The monoisotopic (exact) mass is 396 g/mol. The summed E-state index contributed by atoms with van der Waals surface area (Å²) in [5, 5.41) is -0.370. The third-order valence-electron chi connectivity index (χ3n) is 5.17. The minimum atomic E-state index is -0.418. The van der Waals surface area contributed by atoms with Gasteiger partial charge in [0.2, 0.25) is 0 Å². The topological polar surface area (TPSA) is 40.6 Å². The number of carbonyl (C=O) groups is 2. The van der Waals surface area contributed by atoms with Crippen molar-refractivity contribution in [1.82, 2.24) is 4.90 Å². The number of hydrogen-bond acceptors (Lipinski definition) is 4. The van der Waals surface area contributed by atoms with Gasteiger partial charge in [0.15, 0.2) is 0 Å². The Morgan fingerprint density at radius 3 is 2.57 bits per heavy atom. The Hall–Kier alpha value is -2.60. The lowest BCUT2D eigenvalue weighted by Crippen LogP contribution is -2.27. The fraction of sp³-hybridized carbons (Fsp3) is 0.273. The standard InChI is InChI=1S/C22H21FN2O2S/c1-15-12-18(24-10-4-5-11-24)9-8-16(15)13-20-21(26)25(22(27)28-20)14-17-6-2-3-7-19(17)23/h2-3,6-9,12-13H,4-5,10-11,14H2,1H3/b20-13+. The molecule has 0 aliphatic carbocycles. The summed E-state index contributed by atoms with van der Waals surface area (Å²) >= 11 is 0.906. The first-order chi connectivity index (χ1) is 13.5. The van der Waals surface area contributed by atoms with Crippen LogP contribution in [0.4, 0.5) is 14.9 Å². The van der Waals surface area contributed by atoms with Gasteiger partial charge >= 0.3 is 0 Å². The van der Waals surface area contributed by atoms with E-state index in [9.17, 15) is 14.0 Å². The first-order valence-electron chi connectivity index (χ1n) is 9.37. The number of nitrogens with zero attached hydrogens (tertiary/aromatic N) is 2. The second-order valence-electron chi connectivity index (χ2n) is 7.09. The molecule has 0 saturated carbocycles. The van der Waals surface area contributed by atoms with E-state index in [2.05, 4.69) is 17.0 Å². The predicted molar refractivity (Wildman–Crippen MR) is 111 cm³/mol. The average molecular weight is 396 g/mol. The van der Waals surface area contributed by atoms with Crippen molar-refractivity contribution in [1.29, 1.82) is 0 Å². The molecule has 0 spiro atoms. The number of halogens is 1. The maximum absolute atomic E-state index is 13.9. The number of benzene rings is 2. The van der Waals surface area contributed by atoms with Gasteiger partial charge in [-0.25, -0.2) is 4.39 Å². The summed E-state index contributed by atoms with van der Waals surface area (Å²) in [4.78, 5) is 28.9. The molecule has 0 radical (unpaired) electrons. The maximum Gasteiger partial charge on any atom is 0.293 e. The number of anilines is 1. The zero-order valence-corrected chi connectivity index (χ0v) is 16.5. The number of carbonyl (C=O) groups excluding carboxylic acids is 2. The van der Waals surface area contributed by atoms with Gasteiger partial charge in [0.25, 0.3) is 11.1 Å². The molecular weight excluding hydrogens is 375 g/mol. The minimum Gasteiger partial charge on any atom is -0.372 e. The SMILES string of the molecule is Cc1cc(N2CCCC2)ccc1/C=C1/SC(=O)N(Cc2ccccc2F)C1=O. The summed E-state index contributed by atoms with van der Waals surface area (Å²) in [6, 6.07) is 12.4. The van der Waals surface area contributed by atoms with Gasteiger partial charge < -0.3 is 4.90 Å². The van der Waals surface area contributed by atoms with Crippen LogP contribution in [0, 0.1) is 12.7 Å². The first-order valence-corrected chi connectivity index (χ1v) is 10.2. The van der Waals surface area contributed by atoms with Gasteiger partial charge in [-0.15, -0.1) is 0 Å². The lowest BCUT2D eigenvalue weighted by atomic mass is 10.1. The number of amides is 2. The van der Waals surface area contributed by atoms with Crippen molar-refractivity contribution >= 4 is 34.7 Å². The largest absolute Gasteiger partial charge is 0.372 e. The summed E-state index contributed by atoms with van der Waals surface area (Å²) in [6.45, 7) is 4.11. The van der Waals surface area contributed by atoms with E-state index in [1.54, 1.807) is 24.3 Å². The quantitative estimate of drug-likeness (QED) is 0.684. The summed E-state index contributed by atoms with van der Waals surface area (Å²) < 4.78 is 13.9. The Morgan fingerprint density at radius 2 is 1.86 bits per heavy atom. The fourth-order valence-electron chi connectivity index (χ4n) is 3.57. The molecule has 2 amide bonds. The highest BCUT2D eigenvalue weighted by molar-refractivity contribution is 8.18. The van der Waals surface area contributed by atoms with Gasteiger partial charge in [-0.2, -0.15) is 0 Å². The van der Waals surface area contributed by atoms with Crippen LogP contribution in [-0.4, -0.2) is 29.1 Å². The molecule has 2 aliphatic heterocycles. The molecule has 0 atom stereocenters. The molecule has 144 valence electrons. The van der Waals surface area contributed by atoms with Crippen LogP contribution in [0.2, 0.25) is 0 Å². The van der Waals surface area contributed by atoms with Crippen molar-refractivity contribution in [2.24, 2.45) is 0 Å². The molecule has 4 rings (SSSR count). The smallest absolute Gasteiger partial charge is 0.293 e. The minimum absolute atomic E-state index is 0.0540. The Labute approximate surface area is 168 Å². The molecular formula is C22H21FN2O2S. The molecule has 2 heterocycles. The maximum atomic E-state index is 13.9. The number of thioether (sulfide) groups is 1. The van der Waals surface area contributed by atoms with Gasteiger partial charge in [-0.3, -0.25) is 14.5 Å². The van der Waals surface area contributed by atoms with E-state index >= 15 is 0 Å². The third-order valence-corrected chi connectivity index (χ3v) is 6.08. The molecule has 0 unspecified atom stereocenters. The van der Waals surface area contributed by atoms with E-state index in [0.717, 1.165) is 40.9 Å². The Morgan fingerprint density at radius 1 is 1.11 bits per heavy atom. The van der Waals surface area contributed by atoms with Crippen LogP contribution >= 0.6 is 11.8 Å². The van der Waals surface area contributed by atoms with Crippen LogP contribution in [0.3, 0.4) is 0 Å². The highest BCUT2D eigenvalue weighted by Gasteiger charge is 2.35. The van der Waals surface area contributed by atoms with Gasteiger partial charge in [0.05, 0.1) is 11.4 Å². The fourth-order valence-corrected chi connectivity index (χ4v) is 4.40. The van der Waals surface area contributed by atoms with Crippen molar-refractivity contribution in [2.75, 3.05) is 18.0 Å². The Kier molecular flexibility index (Phi) is 5.22. The van der Waals surface area contributed by atoms with Crippen molar-refractivity contribution in [3.8, 4) is 0 Å². The highest BCUT2D eigenvalue weighted by atomic mass is 32.2. The number of hydrogen-bond donors (Lipinski definition) is 0. The van der Waals surface area contributed by atoms with Gasteiger partial charge in [0, 0.05) is 24.3 Å². The summed E-state index contributed by atoms with van der Waals surface area (Å²) in [5.74, 6) is -0.792. The number of aryl methyl sites for hydroxylation is 1. The second kappa shape index (κ2) is 7.80. The van der Waals surface area contributed by atoms with Gasteiger partial charge in [0.1, 0.15) is 5.82 Å². The predicted octanol–water partition coefficient (Wildman–Crippen LogP) is 4.97. The molecule has 2 saturated heterocycles. The van der Waals surface area contributed by atoms with E-state index in [1.807, 2.05) is 13.0 Å². The van der Waals surface area contributed by atoms with Crippen LogP contribution in [0.15, 0.2) is 47.4 Å². The molecule has 0 N–H and O–H groups in total. The van der Waals surface area contributed by atoms with E-state index in [1.165, 1.54) is 24.6 Å².